The number of nitrogens with one attached hydrogen (secondary N) is 3. The second kappa shape index (κ2) is 17.9. The number of carboxylic acid groups (broad SMARTS) is 1. The predicted octanol–water partition coefficient (Wildman–Crippen LogP) is 6.02. The van der Waals surface area contributed by atoms with Crippen LogP contribution in [0.4, 0.5) is 4.79 Å². The summed E-state index contributed by atoms with van der Waals surface area (Å²) in [4.78, 5) is 51.8. The molecule has 4 aliphatic heterocycles. The van der Waals surface area contributed by atoms with Crippen molar-refractivity contribution in [2.75, 3.05) is 19.8 Å². The molecule has 15 nitrogen and oxygen atoms in total. The van der Waals surface area contributed by atoms with Gasteiger partial charge in [-0.15, -0.1) is 0 Å². The predicted molar refractivity (Wildman–Crippen MR) is 196 cm³/mol. The van der Waals surface area contributed by atoms with Gasteiger partial charge in [-0.05, 0) is 75.8 Å². The summed E-state index contributed by atoms with van der Waals surface area (Å²) >= 11 is 0. The SMILES string of the molecule is CCOP(=O)(/C=C/[C@@H](NC(=O)[C@H](CC(C)C)NC(=O)[C@H](CO[C@@H]1O[C@@H]2O[C@@]3(C)CC[C@@H]4[C@H](C)CC[C@H]([C@H]1C)[C@@]24OO3)NC(=O)O)c1ccccc1)OCC. The van der Waals surface area contributed by atoms with Gasteiger partial charge in [-0.3, -0.25) is 14.2 Å². The molecule has 4 saturated heterocycles. The van der Waals surface area contributed by atoms with Crippen molar-refractivity contribution in [3.05, 3.63) is 47.8 Å². The average Bonchev–Trinajstić information content (AvgIpc) is 3.35. The highest BCUT2D eigenvalue weighted by Crippen LogP contribution is 2.60. The van der Waals surface area contributed by atoms with Crippen molar-refractivity contribution in [2.45, 2.75) is 123 Å². The second-order valence-electron chi connectivity index (χ2n) is 15.4. The third kappa shape index (κ3) is 9.55. The lowest BCUT2D eigenvalue weighted by Crippen LogP contribution is -2.70. The van der Waals surface area contributed by atoms with Crippen molar-refractivity contribution in [1.82, 2.24) is 16.0 Å². The zero-order chi connectivity index (χ0) is 39.3. The van der Waals surface area contributed by atoms with Crippen molar-refractivity contribution in [2.24, 2.45) is 29.6 Å². The molecule has 0 unspecified atom stereocenters. The molecule has 11 atom stereocenters. The Hall–Kier alpha value is -2.88. The molecule has 1 saturated carbocycles. The maximum Gasteiger partial charge on any atom is 0.405 e. The third-order valence-electron chi connectivity index (χ3n) is 11.0. The molecule has 0 aromatic heterocycles. The minimum atomic E-state index is -3.59. The van der Waals surface area contributed by atoms with E-state index in [0.717, 1.165) is 19.3 Å². The van der Waals surface area contributed by atoms with E-state index < -0.39 is 67.6 Å². The molecule has 4 N–H and O–H groups in total. The fraction of sp³-hybridized carbons (Fsp3) is 0.711. The van der Waals surface area contributed by atoms with Gasteiger partial charge in [0.25, 0.3) is 0 Å². The highest BCUT2D eigenvalue weighted by atomic mass is 31.2. The normalized spacial score (nSPS) is 32.3. The molecule has 1 aromatic carbocycles. The van der Waals surface area contributed by atoms with Gasteiger partial charge in [-0.25, -0.2) is 14.6 Å². The van der Waals surface area contributed by atoms with Crippen LogP contribution in [0, 0.1) is 29.6 Å². The topological polar surface area (TPSA) is 189 Å². The van der Waals surface area contributed by atoms with Gasteiger partial charge >= 0.3 is 13.7 Å². The first kappa shape index (κ1) is 42.3. The highest BCUT2D eigenvalue weighted by Gasteiger charge is 2.69. The van der Waals surface area contributed by atoms with E-state index in [1.807, 2.05) is 33.8 Å². The molecule has 2 bridgehead atoms. The lowest BCUT2D eigenvalue weighted by atomic mass is 9.58. The van der Waals surface area contributed by atoms with Crippen LogP contribution >= 0.6 is 7.60 Å². The monoisotopic (exact) mass is 779 g/mol. The van der Waals surface area contributed by atoms with Gasteiger partial charge in [0.2, 0.25) is 17.6 Å². The van der Waals surface area contributed by atoms with Crippen LogP contribution in [0.2, 0.25) is 0 Å². The minimum absolute atomic E-state index is 0.0289. The first-order valence-corrected chi connectivity index (χ1v) is 20.8. The van der Waals surface area contributed by atoms with Gasteiger partial charge in [0.1, 0.15) is 12.1 Å². The van der Waals surface area contributed by atoms with Crippen LogP contribution in [-0.2, 0) is 47.2 Å². The van der Waals surface area contributed by atoms with Crippen LogP contribution in [-0.4, -0.2) is 78.9 Å². The van der Waals surface area contributed by atoms with Gasteiger partial charge in [0.05, 0.1) is 25.9 Å². The van der Waals surface area contributed by atoms with E-state index in [0.29, 0.717) is 17.9 Å². The van der Waals surface area contributed by atoms with E-state index in [4.69, 9.17) is 33.0 Å². The van der Waals surface area contributed by atoms with E-state index in [1.165, 1.54) is 5.82 Å². The Labute approximate surface area is 318 Å². The van der Waals surface area contributed by atoms with Crippen LogP contribution in [0.5, 0.6) is 0 Å². The maximum atomic E-state index is 13.9. The summed E-state index contributed by atoms with van der Waals surface area (Å²) in [6.45, 7) is 13.2. The molecule has 3 amide bonds. The zero-order valence-electron chi connectivity index (χ0n) is 32.4. The molecule has 5 aliphatic rings. The van der Waals surface area contributed by atoms with Crippen molar-refractivity contribution in [3.8, 4) is 0 Å². The molecule has 5 fully saturated rings. The van der Waals surface area contributed by atoms with E-state index in [1.54, 1.807) is 44.2 Å². The van der Waals surface area contributed by atoms with Crippen molar-refractivity contribution in [1.29, 1.82) is 0 Å². The van der Waals surface area contributed by atoms with E-state index in [-0.39, 0.29) is 49.9 Å². The number of hydrogen-bond donors (Lipinski definition) is 4. The van der Waals surface area contributed by atoms with Crippen molar-refractivity contribution < 1.29 is 57.1 Å². The second-order valence-corrected chi connectivity index (χ2v) is 17.3. The third-order valence-corrected chi connectivity index (χ3v) is 12.8. The van der Waals surface area contributed by atoms with Gasteiger partial charge in [0, 0.05) is 24.1 Å². The zero-order valence-corrected chi connectivity index (χ0v) is 33.3. The molecule has 1 spiro atoms. The lowest BCUT2D eigenvalue weighted by molar-refractivity contribution is -0.577. The lowest BCUT2D eigenvalue weighted by Gasteiger charge is -2.60. The Morgan fingerprint density at radius 1 is 0.963 bits per heavy atom. The fourth-order valence-electron chi connectivity index (χ4n) is 8.39. The smallest absolute Gasteiger partial charge is 0.405 e. The van der Waals surface area contributed by atoms with Gasteiger partial charge in [-0.2, -0.15) is 0 Å². The number of carbonyl (C=O) groups is 3. The number of hydrogen-bond acceptors (Lipinski definition) is 11. The number of amides is 3. The number of carbonyl (C=O) groups excluding carboxylic acids is 2. The number of fused-ring (bicyclic) bond motifs is 2. The molecular weight excluding hydrogens is 721 g/mol. The summed E-state index contributed by atoms with van der Waals surface area (Å²) in [5.41, 5.74) is -0.120. The number of benzene rings is 1. The van der Waals surface area contributed by atoms with Crippen molar-refractivity contribution >= 4 is 25.5 Å². The molecule has 302 valence electrons. The van der Waals surface area contributed by atoms with Gasteiger partial charge in [0.15, 0.2) is 18.2 Å². The van der Waals surface area contributed by atoms with Crippen LogP contribution in [0.15, 0.2) is 42.2 Å². The van der Waals surface area contributed by atoms with Gasteiger partial charge < -0.3 is 44.3 Å². The van der Waals surface area contributed by atoms with E-state index in [9.17, 15) is 24.1 Å². The summed E-state index contributed by atoms with van der Waals surface area (Å²) in [5, 5.41) is 17.7. The van der Waals surface area contributed by atoms with E-state index >= 15 is 0 Å². The van der Waals surface area contributed by atoms with Crippen LogP contribution in [0.3, 0.4) is 0 Å². The largest absolute Gasteiger partial charge is 0.465 e. The summed E-state index contributed by atoms with van der Waals surface area (Å²) in [7, 11) is -3.59. The van der Waals surface area contributed by atoms with Gasteiger partial charge in [-0.1, -0.05) is 58.0 Å². The summed E-state index contributed by atoms with van der Waals surface area (Å²) in [6, 6.07) is 5.85. The molecule has 0 radical (unpaired) electrons. The summed E-state index contributed by atoms with van der Waals surface area (Å²) < 4.78 is 43.1. The standard InChI is InChI=1S/C38H58N3O12P/c1-8-48-54(46,49-9-2)20-18-29(26-13-11-10-12-14-26)39-32(42)30(21-23(3)4)40-33(43)31(41-36(44)45)22-47-34-25(6)28-16-15-24(5)27-17-19-37(7)51-35(50-34)38(27,28)53-52-37/h10-14,18,20,23-25,27-31,34-35,41H,8-9,15-17,19,21-22H2,1-7H3,(H,39,42)(H,40,43)(H,44,45)/b20-18+/t24-,25-,27-,28-,29-,30+,31+,34-,35-,37-,38-/m1/s1. The van der Waals surface area contributed by atoms with Crippen LogP contribution in [0.25, 0.3) is 0 Å². The Morgan fingerprint density at radius 3 is 2.30 bits per heavy atom. The molecule has 16 heteroatoms. The summed E-state index contributed by atoms with van der Waals surface area (Å²) in [5.74, 6) is -0.674. The Kier molecular flexibility index (Phi) is 14.0. The first-order valence-electron chi connectivity index (χ1n) is 19.2. The molecule has 1 aliphatic carbocycles. The average molecular weight is 780 g/mol. The number of rotatable bonds is 17. The first-order chi connectivity index (χ1) is 25.6. The molecule has 54 heavy (non-hydrogen) atoms. The highest BCUT2D eigenvalue weighted by molar-refractivity contribution is 7.57. The molecule has 6 rings (SSSR count). The minimum Gasteiger partial charge on any atom is -0.465 e. The Morgan fingerprint density at radius 2 is 1.65 bits per heavy atom. The Bertz CT molecular complexity index is 1520. The molecular formula is C38H58N3O12P. The van der Waals surface area contributed by atoms with Crippen LogP contribution in [0.1, 0.15) is 92.2 Å². The summed E-state index contributed by atoms with van der Waals surface area (Å²) in [6.07, 6.45) is 2.07. The quantitative estimate of drug-likeness (QED) is 0.107. The Balaban J connectivity index is 1.31. The van der Waals surface area contributed by atoms with Crippen molar-refractivity contribution in [3.63, 3.8) is 0 Å². The molecule has 4 heterocycles. The number of ether oxygens (including phenoxy) is 3. The van der Waals surface area contributed by atoms with Crippen LogP contribution < -0.4 is 16.0 Å². The maximum absolute atomic E-state index is 13.9. The molecule has 1 aromatic rings. The van der Waals surface area contributed by atoms with E-state index in [2.05, 4.69) is 22.9 Å². The fourth-order valence-corrected chi connectivity index (χ4v) is 9.74.